The van der Waals surface area contributed by atoms with Crippen molar-refractivity contribution in [3.8, 4) is 5.75 Å². The SMILES string of the molecule is O=C(/C=C/c1ccccc1)/C=C/c1ccc(OCCBr)cc1. The van der Waals surface area contributed by atoms with Gasteiger partial charge in [-0.2, -0.15) is 0 Å². The quantitative estimate of drug-likeness (QED) is 0.528. The summed E-state index contributed by atoms with van der Waals surface area (Å²) in [5.74, 6) is 0.787. The molecule has 2 aromatic carbocycles. The molecule has 22 heavy (non-hydrogen) atoms. The van der Waals surface area contributed by atoms with Crippen molar-refractivity contribution in [1.82, 2.24) is 0 Å². The Bertz CT molecular complexity index is 643. The Morgan fingerprint density at radius 1 is 0.909 bits per heavy atom. The van der Waals surface area contributed by atoms with E-state index in [1.54, 1.807) is 18.2 Å². The number of ketones is 1. The molecule has 0 heterocycles. The molecular formula is C19H17BrO2. The summed E-state index contributed by atoms with van der Waals surface area (Å²) in [4.78, 5) is 11.8. The van der Waals surface area contributed by atoms with E-state index in [-0.39, 0.29) is 5.78 Å². The Kier molecular flexibility index (Phi) is 6.65. The standard InChI is InChI=1S/C19H17BrO2/c20-14-15-22-19-12-8-17(9-13-19)7-11-18(21)10-6-16-4-2-1-3-5-16/h1-13H,14-15H2/b10-6+,11-7+. The smallest absolute Gasteiger partial charge is 0.178 e. The molecule has 0 aliphatic rings. The minimum atomic E-state index is -0.0385. The van der Waals surface area contributed by atoms with Gasteiger partial charge in [0.05, 0.1) is 6.61 Å². The number of ether oxygens (including phenoxy) is 1. The van der Waals surface area contributed by atoms with Crippen molar-refractivity contribution in [2.24, 2.45) is 0 Å². The molecule has 0 spiro atoms. The fraction of sp³-hybridized carbons (Fsp3) is 0.105. The van der Waals surface area contributed by atoms with E-state index in [9.17, 15) is 4.79 Å². The summed E-state index contributed by atoms with van der Waals surface area (Å²) < 4.78 is 5.47. The van der Waals surface area contributed by atoms with Crippen LogP contribution in [0.5, 0.6) is 5.75 Å². The summed E-state index contributed by atoms with van der Waals surface area (Å²) in [6.45, 7) is 0.637. The molecule has 2 nitrogen and oxygen atoms in total. The van der Waals surface area contributed by atoms with Crippen LogP contribution in [0, 0.1) is 0 Å². The van der Waals surface area contributed by atoms with Crippen LogP contribution in [-0.2, 0) is 4.79 Å². The number of carbonyl (C=O) groups is 1. The van der Waals surface area contributed by atoms with E-state index in [0.717, 1.165) is 22.2 Å². The molecule has 0 radical (unpaired) electrons. The van der Waals surface area contributed by atoms with E-state index < -0.39 is 0 Å². The average Bonchev–Trinajstić information content (AvgIpc) is 2.58. The van der Waals surface area contributed by atoms with Gasteiger partial charge in [-0.15, -0.1) is 0 Å². The van der Waals surface area contributed by atoms with E-state index in [1.807, 2.05) is 60.7 Å². The van der Waals surface area contributed by atoms with Gasteiger partial charge < -0.3 is 4.74 Å². The van der Waals surface area contributed by atoms with Gasteiger partial charge in [0.2, 0.25) is 0 Å². The number of benzene rings is 2. The van der Waals surface area contributed by atoms with Gasteiger partial charge in [-0.05, 0) is 35.4 Å². The predicted octanol–water partition coefficient (Wildman–Crippen LogP) is 4.76. The normalized spacial score (nSPS) is 11.1. The topological polar surface area (TPSA) is 26.3 Å². The van der Waals surface area contributed by atoms with Crippen molar-refractivity contribution in [2.45, 2.75) is 0 Å². The molecule has 0 amide bonds. The first-order valence-electron chi connectivity index (χ1n) is 7.02. The zero-order valence-corrected chi connectivity index (χ0v) is 13.7. The minimum absolute atomic E-state index is 0.0385. The van der Waals surface area contributed by atoms with Gasteiger partial charge in [-0.3, -0.25) is 4.79 Å². The molecule has 0 saturated carbocycles. The molecule has 0 N–H and O–H groups in total. The number of hydrogen-bond acceptors (Lipinski definition) is 2. The molecule has 3 heteroatoms. The van der Waals surface area contributed by atoms with Crippen LogP contribution in [0.3, 0.4) is 0 Å². The molecule has 2 aromatic rings. The van der Waals surface area contributed by atoms with Gasteiger partial charge in [-0.1, -0.05) is 70.5 Å². The second-order valence-corrected chi connectivity index (χ2v) is 5.38. The maximum absolute atomic E-state index is 11.8. The van der Waals surface area contributed by atoms with Gasteiger partial charge >= 0.3 is 0 Å². The van der Waals surface area contributed by atoms with Crippen LogP contribution >= 0.6 is 15.9 Å². The largest absolute Gasteiger partial charge is 0.493 e. The van der Waals surface area contributed by atoms with Crippen LogP contribution in [-0.4, -0.2) is 17.7 Å². The monoisotopic (exact) mass is 356 g/mol. The first-order chi connectivity index (χ1) is 10.8. The van der Waals surface area contributed by atoms with Gasteiger partial charge in [0.1, 0.15) is 5.75 Å². The number of carbonyl (C=O) groups excluding carboxylic acids is 1. The molecule has 0 fully saturated rings. The van der Waals surface area contributed by atoms with Crippen LogP contribution in [0.25, 0.3) is 12.2 Å². The Labute approximate surface area is 139 Å². The van der Waals surface area contributed by atoms with Crippen molar-refractivity contribution < 1.29 is 9.53 Å². The zero-order valence-electron chi connectivity index (χ0n) is 12.1. The summed E-state index contributed by atoms with van der Waals surface area (Å²) in [5.41, 5.74) is 1.98. The third-order valence-corrected chi connectivity index (χ3v) is 3.23. The molecule has 0 atom stereocenters. The summed E-state index contributed by atoms with van der Waals surface area (Å²) >= 11 is 3.31. The first-order valence-corrected chi connectivity index (χ1v) is 8.14. The lowest BCUT2D eigenvalue weighted by Crippen LogP contribution is -1.97. The predicted molar refractivity (Wildman–Crippen MR) is 95.2 cm³/mol. The molecule has 112 valence electrons. The molecule has 0 bridgehead atoms. The Balaban J connectivity index is 1.90. The van der Waals surface area contributed by atoms with E-state index in [0.29, 0.717) is 6.61 Å². The zero-order chi connectivity index (χ0) is 15.6. The number of alkyl halides is 1. The molecule has 0 aliphatic heterocycles. The second-order valence-electron chi connectivity index (χ2n) is 4.59. The Morgan fingerprint density at radius 2 is 1.50 bits per heavy atom. The fourth-order valence-electron chi connectivity index (χ4n) is 1.81. The first kappa shape index (κ1) is 16.2. The summed E-state index contributed by atoms with van der Waals surface area (Å²) in [6, 6.07) is 17.4. The summed E-state index contributed by atoms with van der Waals surface area (Å²) in [5, 5.41) is 0.802. The van der Waals surface area contributed by atoms with Crippen LogP contribution < -0.4 is 4.74 Å². The molecule has 0 unspecified atom stereocenters. The number of allylic oxidation sites excluding steroid dienone is 2. The highest BCUT2D eigenvalue weighted by Gasteiger charge is 1.94. The van der Waals surface area contributed by atoms with Gasteiger partial charge in [0.15, 0.2) is 5.78 Å². The number of rotatable bonds is 7. The Morgan fingerprint density at radius 3 is 2.09 bits per heavy atom. The van der Waals surface area contributed by atoms with Crippen LogP contribution in [0.4, 0.5) is 0 Å². The van der Waals surface area contributed by atoms with Crippen LogP contribution in [0.2, 0.25) is 0 Å². The highest BCUT2D eigenvalue weighted by molar-refractivity contribution is 9.09. The highest BCUT2D eigenvalue weighted by atomic mass is 79.9. The lowest BCUT2D eigenvalue weighted by Gasteiger charge is -2.03. The third-order valence-electron chi connectivity index (χ3n) is 2.91. The molecular weight excluding hydrogens is 340 g/mol. The summed E-state index contributed by atoms with van der Waals surface area (Å²) in [6.07, 6.45) is 6.74. The fourth-order valence-corrected chi connectivity index (χ4v) is 1.97. The second kappa shape index (κ2) is 9.00. The number of hydrogen-bond donors (Lipinski definition) is 0. The summed E-state index contributed by atoms with van der Waals surface area (Å²) in [7, 11) is 0. The Hall–Kier alpha value is -2.13. The van der Waals surface area contributed by atoms with E-state index >= 15 is 0 Å². The van der Waals surface area contributed by atoms with Gasteiger partial charge in [-0.25, -0.2) is 0 Å². The molecule has 2 rings (SSSR count). The van der Waals surface area contributed by atoms with Crippen molar-refractivity contribution in [2.75, 3.05) is 11.9 Å². The minimum Gasteiger partial charge on any atom is -0.493 e. The maximum Gasteiger partial charge on any atom is 0.178 e. The van der Waals surface area contributed by atoms with E-state index in [2.05, 4.69) is 15.9 Å². The van der Waals surface area contributed by atoms with Crippen LogP contribution in [0.1, 0.15) is 11.1 Å². The van der Waals surface area contributed by atoms with Crippen molar-refractivity contribution in [1.29, 1.82) is 0 Å². The van der Waals surface area contributed by atoms with Gasteiger partial charge in [0.25, 0.3) is 0 Å². The number of halogens is 1. The maximum atomic E-state index is 11.8. The lowest BCUT2D eigenvalue weighted by molar-refractivity contribution is -0.110. The van der Waals surface area contributed by atoms with E-state index in [4.69, 9.17) is 4.74 Å². The molecule has 0 aromatic heterocycles. The lowest BCUT2D eigenvalue weighted by atomic mass is 10.1. The van der Waals surface area contributed by atoms with Crippen LogP contribution in [0.15, 0.2) is 66.7 Å². The van der Waals surface area contributed by atoms with Crippen molar-refractivity contribution in [3.05, 3.63) is 77.9 Å². The van der Waals surface area contributed by atoms with Crippen molar-refractivity contribution in [3.63, 3.8) is 0 Å². The average molecular weight is 357 g/mol. The van der Waals surface area contributed by atoms with Gasteiger partial charge in [0, 0.05) is 5.33 Å². The molecule has 0 aliphatic carbocycles. The third kappa shape index (κ3) is 5.70. The van der Waals surface area contributed by atoms with Crippen molar-refractivity contribution >= 4 is 33.9 Å². The molecule has 0 saturated heterocycles. The van der Waals surface area contributed by atoms with E-state index in [1.165, 1.54) is 0 Å². The highest BCUT2D eigenvalue weighted by Crippen LogP contribution is 2.13.